The maximum absolute atomic E-state index is 13.8. The average molecular weight is 485 g/mol. The average Bonchev–Trinajstić information content (AvgIpc) is 3.32. The lowest BCUT2D eigenvalue weighted by molar-refractivity contribution is -0.0492. The van der Waals surface area contributed by atoms with Crippen LogP contribution in [0.1, 0.15) is 11.8 Å². The molecule has 34 heavy (non-hydrogen) atoms. The molecule has 0 amide bonds. The highest BCUT2D eigenvalue weighted by Gasteiger charge is 2.45. The van der Waals surface area contributed by atoms with Gasteiger partial charge in [0.15, 0.2) is 23.6 Å². The number of hydrogen-bond acceptors (Lipinski definition) is 11. The van der Waals surface area contributed by atoms with Crippen LogP contribution in [0.2, 0.25) is 0 Å². The molecule has 1 fully saturated rings. The molecule has 4 rings (SSSR count). The van der Waals surface area contributed by atoms with Crippen LogP contribution in [0, 0.1) is 6.92 Å². The van der Waals surface area contributed by atoms with Crippen molar-refractivity contribution in [2.24, 2.45) is 0 Å². The Balaban J connectivity index is 0.000000192. The Hall–Kier alpha value is -3.44. The molecule has 15 nitrogen and oxygen atoms in total. The van der Waals surface area contributed by atoms with E-state index >= 15 is 0 Å². The highest BCUT2D eigenvalue weighted by molar-refractivity contribution is 5.70. The Labute approximate surface area is 189 Å². The van der Waals surface area contributed by atoms with Crippen LogP contribution in [0.4, 0.5) is 10.3 Å². The van der Waals surface area contributed by atoms with E-state index in [0.29, 0.717) is 5.65 Å². The number of fused-ring (bicyclic) bond motifs is 1. The zero-order chi connectivity index (χ0) is 25.0. The molecule has 1 aliphatic rings. The van der Waals surface area contributed by atoms with E-state index in [9.17, 15) is 23.9 Å². The van der Waals surface area contributed by atoms with Crippen LogP contribution < -0.4 is 22.5 Å². The summed E-state index contributed by atoms with van der Waals surface area (Å²) in [5, 5.41) is 26.9. The minimum atomic E-state index is -1.86. The second kappa shape index (κ2) is 10.7. The summed E-state index contributed by atoms with van der Waals surface area (Å²) in [4.78, 5) is 46.3. The quantitative estimate of drug-likeness (QED) is 0.194. The van der Waals surface area contributed by atoms with Gasteiger partial charge in [0.25, 0.3) is 11.1 Å². The van der Waals surface area contributed by atoms with Crippen LogP contribution in [0.15, 0.2) is 26.9 Å². The largest absolute Gasteiger partial charge is 0.394 e. The van der Waals surface area contributed by atoms with Crippen molar-refractivity contribution < 1.29 is 29.2 Å². The third kappa shape index (κ3) is 5.20. The van der Waals surface area contributed by atoms with Gasteiger partial charge in [-0.15, -0.1) is 0 Å². The molecule has 0 spiro atoms. The second-order valence-corrected chi connectivity index (χ2v) is 7.26. The number of aromatic amines is 2. The third-order valence-corrected chi connectivity index (χ3v) is 4.85. The molecule has 0 aliphatic carbocycles. The standard InChI is InChI=1S/C10H13FN2O5.C8H11N5O3/c1-4-2-13(10(17)12-8(4)16)9-6(11)7(15)5(3-14)18-9;9-8-11-6-5(7(15)12-8)10-3-13(6)4-16-2-1-14/h2,5-7,9,14-15H,3H2,1H3,(H,12,16,17);3,14H,1-2,4H2,(H3,9,11,12,15)/t5-,6-,7-,9-;/m1./s1. The zero-order valence-electron chi connectivity index (χ0n) is 17.9. The topological polar surface area (TPSA) is 224 Å². The van der Waals surface area contributed by atoms with Gasteiger partial charge in [0.1, 0.15) is 18.9 Å². The van der Waals surface area contributed by atoms with Crippen molar-refractivity contribution in [1.82, 2.24) is 29.1 Å². The van der Waals surface area contributed by atoms with Crippen LogP contribution >= 0.6 is 0 Å². The normalized spacial score (nSPS) is 22.0. The lowest BCUT2D eigenvalue weighted by atomic mass is 10.1. The second-order valence-electron chi connectivity index (χ2n) is 7.26. The molecule has 1 aliphatic heterocycles. The number of ether oxygens (including phenoxy) is 2. The summed E-state index contributed by atoms with van der Waals surface area (Å²) in [6.07, 6.45) is -3.23. The van der Waals surface area contributed by atoms with Gasteiger partial charge >= 0.3 is 5.69 Å². The smallest absolute Gasteiger partial charge is 0.330 e. The van der Waals surface area contributed by atoms with E-state index in [1.54, 1.807) is 0 Å². The highest BCUT2D eigenvalue weighted by atomic mass is 19.1. The number of aryl methyl sites for hydroxylation is 1. The van der Waals surface area contributed by atoms with Crippen molar-refractivity contribution in [1.29, 1.82) is 0 Å². The molecular formula is C18H24FN7O8. The first kappa shape index (κ1) is 25.2. The van der Waals surface area contributed by atoms with Crippen molar-refractivity contribution in [2.45, 2.75) is 38.3 Å². The van der Waals surface area contributed by atoms with Crippen molar-refractivity contribution >= 4 is 17.1 Å². The predicted molar refractivity (Wildman–Crippen MR) is 114 cm³/mol. The molecule has 0 unspecified atom stereocenters. The number of aliphatic hydroxyl groups excluding tert-OH is 3. The molecule has 0 radical (unpaired) electrons. The molecular weight excluding hydrogens is 461 g/mol. The van der Waals surface area contributed by atoms with Gasteiger partial charge in [0, 0.05) is 11.8 Å². The fourth-order valence-corrected chi connectivity index (χ4v) is 3.15. The minimum Gasteiger partial charge on any atom is -0.394 e. The molecule has 1 saturated heterocycles. The molecule has 0 saturated carbocycles. The van der Waals surface area contributed by atoms with Gasteiger partial charge in [-0.3, -0.25) is 28.7 Å². The molecule has 4 atom stereocenters. The van der Waals surface area contributed by atoms with E-state index in [1.165, 1.54) is 17.8 Å². The molecule has 0 aromatic carbocycles. The summed E-state index contributed by atoms with van der Waals surface area (Å²) in [5.41, 5.74) is 4.42. The van der Waals surface area contributed by atoms with Gasteiger partial charge in [0.05, 0.1) is 26.1 Å². The Kier molecular flexibility index (Phi) is 7.90. The Bertz CT molecular complexity index is 1300. The first-order valence-electron chi connectivity index (χ1n) is 9.97. The number of rotatable bonds is 6. The van der Waals surface area contributed by atoms with Gasteiger partial charge in [-0.25, -0.2) is 14.2 Å². The lowest BCUT2D eigenvalue weighted by Crippen LogP contribution is -2.36. The summed E-state index contributed by atoms with van der Waals surface area (Å²) >= 11 is 0. The number of hydrogen-bond donors (Lipinski definition) is 6. The Morgan fingerprint density at radius 2 is 2.00 bits per heavy atom. The number of nitrogens with one attached hydrogen (secondary N) is 2. The van der Waals surface area contributed by atoms with E-state index in [-0.39, 0.29) is 42.5 Å². The van der Waals surface area contributed by atoms with Gasteiger partial charge in [-0.2, -0.15) is 4.98 Å². The molecule has 7 N–H and O–H groups in total. The van der Waals surface area contributed by atoms with Crippen molar-refractivity contribution in [2.75, 3.05) is 25.6 Å². The molecule has 186 valence electrons. The summed E-state index contributed by atoms with van der Waals surface area (Å²) in [5.74, 6) is 0.0291. The van der Waals surface area contributed by atoms with Crippen molar-refractivity contribution in [3.05, 3.63) is 49.3 Å². The molecule has 4 heterocycles. The minimum absolute atomic E-state index is 0.0291. The number of aromatic nitrogens is 6. The van der Waals surface area contributed by atoms with E-state index in [1.807, 2.05) is 4.98 Å². The summed E-state index contributed by atoms with van der Waals surface area (Å²) in [6.45, 7) is 1.19. The fourth-order valence-electron chi connectivity index (χ4n) is 3.15. The van der Waals surface area contributed by atoms with Crippen LogP contribution in [-0.2, 0) is 16.2 Å². The van der Waals surface area contributed by atoms with Crippen LogP contribution in [0.25, 0.3) is 11.2 Å². The molecule has 3 aromatic rings. The van der Waals surface area contributed by atoms with E-state index in [4.69, 9.17) is 25.4 Å². The number of imidazole rings is 1. The number of anilines is 1. The first-order chi connectivity index (χ1) is 16.2. The molecule has 16 heteroatoms. The maximum atomic E-state index is 13.8. The number of aliphatic hydroxyl groups is 3. The number of nitrogens with zero attached hydrogens (tertiary/aromatic N) is 4. The number of nitrogen functional groups attached to an aromatic ring is 1. The fraction of sp³-hybridized carbons (Fsp3) is 0.500. The van der Waals surface area contributed by atoms with Gasteiger partial charge in [0.2, 0.25) is 5.95 Å². The van der Waals surface area contributed by atoms with Gasteiger partial charge < -0.3 is 30.5 Å². The SMILES string of the molecule is Cc1cn([C@@H]2O[C@H](CO)[C@@H](O)[C@H]2F)c(=O)[nH]c1=O.Nc1nc2c(ncn2COCCO)c(=O)[nH]1. The lowest BCUT2D eigenvalue weighted by Gasteiger charge is -2.15. The van der Waals surface area contributed by atoms with Gasteiger partial charge in [-0.1, -0.05) is 0 Å². The first-order valence-corrected chi connectivity index (χ1v) is 9.97. The van der Waals surface area contributed by atoms with Crippen molar-refractivity contribution in [3.8, 4) is 0 Å². The van der Waals surface area contributed by atoms with Crippen LogP contribution in [0.3, 0.4) is 0 Å². The van der Waals surface area contributed by atoms with Gasteiger partial charge in [-0.05, 0) is 6.92 Å². The number of halogens is 1. The Morgan fingerprint density at radius 1 is 1.26 bits per heavy atom. The monoisotopic (exact) mass is 485 g/mol. The van der Waals surface area contributed by atoms with Crippen LogP contribution in [-0.4, -0.2) is 82.6 Å². The number of H-pyrrole nitrogens is 2. The van der Waals surface area contributed by atoms with E-state index in [0.717, 1.165) is 10.8 Å². The summed E-state index contributed by atoms with van der Waals surface area (Å²) < 4.78 is 26.3. The van der Waals surface area contributed by atoms with Crippen molar-refractivity contribution in [3.63, 3.8) is 0 Å². The van der Waals surface area contributed by atoms with E-state index in [2.05, 4.69) is 15.0 Å². The summed E-state index contributed by atoms with van der Waals surface area (Å²) in [7, 11) is 0. The molecule has 0 bridgehead atoms. The Morgan fingerprint density at radius 3 is 2.65 bits per heavy atom. The predicted octanol–water partition coefficient (Wildman–Crippen LogP) is -2.90. The number of alkyl halides is 1. The number of nitrogens with two attached hydrogens (primary N) is 1. The third-order valence-electron chi connectivity index (χ3n) is 4.85. The molecule has 3 aromatic heterocycles. The zero-order valence-corrected chi connectivity index (χ0v) is 17.9. The maximum Gasteiger partial charge on any atom is 0.330 e. The highest BCUT2D eigenvalue weighted by Crippen LogP contribution is 2.30. The van der Waals surface area contributed by atoms with Crippen LogP contribution in [0.5, 0.6) is 0 Å². The summed E-state index contributed by atoms with van der Waals surface area (Å²) in [6, 6.07) is 0. The van der Waals surface area contributed by atoms with E-state index < -0.39 is 42.5 Å².